The Morgan fingerprint density at radius 2 is 2.25 bits per heavy atom. The first-order chi connectivity index (χ1) is 5.61. The number of rotatable bonds is 2. The zero-order valence-electron chi connectivity index (χ0n) is 6.84. The van der Waals surface area contributed by atoms with E-state index in [9.17, 15) is 4.39 Å². The van der Waals surface area contributed by atoms with E-state index in [0.29, 0.717) is 0 Å². The van der Waals surface area contributed by atoms with E-state index >= 15 is 0 Å². The van der Waals surface area contributed by atoms with Gasteiger partial charge in [-0.15, -0.1) is 0 Å². The smallest absolute Gasteiger partial charge is 0.256 e. The van der Waals surface area contributed by atoms with E-state index in [2.05, 4.69) is 4.98 Å². The Bertz CT molecular complexity index is 258. The fourth-order valence-electron chi connectivity index (χ4n) is 0.742. The summed E-state index contributed by atoms with van der Waals surface area (Å²) in [5.41, 5.74) is 0. The maximum Gasteiger partial charge on any atom is 0.256 e. The van der Waals surface area contributed by atoms with Crippen molar-refractivity contribution in [3.8, 4) is 5.75 Å². The van der Waals surface area contributed by atoms with Crippen LogP contribution in [-0.4, -0.2) is 11.1 Å². The molecule has 0 aliphatic heterocycles. The third-order valence-electron chi connectivity index (χ3n) is 1.17. The molecule has 2 nitrogen and oxygen atoms in total. The normalized spacial score (nSPS) is 10.4. The lowest BCUT2D eigenvalue weighted by Gasteiger charge is -2.10. The first-order valence-corrected chi connectivity index (χ1v) is 3.95. The summed E-state index contributed by atoms with van der Waals surface area (Å²) in [6.07, 6.45) is 1.19. The highest BCUT2D eigenvalue weighted by atomic mass is 35.5. The van der Waals surface area contributed by atoms with Crippen molar-refractivity contribution in [2.24, 2.45) is 0 Å². The molecule has 0 bridgehead atoms. The molecule has 1 rings (SSSR count). The van der Waals surface area contributed by atoms with E-state index < -0.39 is 5.95 Å². The van der Waals surface area contributed by atoms with Crippen LogP contribution in [0.3, 0.4) is 0 Å². The van der Waals surface area contributed by atoms with Crippen molar-refractivity contribution >= 4 is 11.6 Å². The van der Waals surface area contributed by atoms with Crippen LogP contribution in [0.1, 0.15) is 13.8 Å². The van der Waals surface area contributed by atoms with Gasteiger partial charge < -0.3 is 4.74 Å². The molecule has 1 heterocycles. The Balaban J connectivity index is 2.96. The summed E-state index contributed by atoms with van der Waals surface area (Å²) in [7, 11) is 0. The fourth-order valence-corrected chi connectivity index (χ4v) is 0.920. The Hall–Kier alpha value is -0.830. The van der Waals surface area contributed by atoms with Crippen molar-refractivity contribution in [2.45, 2.75) is 20.0 Å². The van der Waals surface area contributed by atoms with Crippen LogP contribution in [0.25, 0.3) is 0 Å². The van der Waals surface area contributed by atoms with Gasteiger partial charge in [0.1, 0.15) is 0 Å². The van der Waals surface area contributed by atoms with Gasteiger partial charge in [0.05, 0.1) is 11.1 Å². The molecule has 1 aromatic rings. The summed E-state index contributed by atoms with van der Waals surface area (Å²) >= 11 is 5.67. The molecule has 12 heavy (non-hydrogen) atoms. The standard InChI is InChI=1S/C8H9ClFNO/c1-5(2)12-7-6(9)3-4-11-8(7)10/h3-5H,1-2H3. The van der Waals surface area contributed by atoms with Crippen molar-refractivity contribution in [1.82, 2.24) is 4.98 Å². The van der Waals surface area contributed by atoms with Gasteiger partial charge in [0.25, 0.3) is 5.95 Å². The number of hydrogen-bond donors (Lipinski definition) is 0. The Morgan fingerprint density at radius 3 is 2.75 bits per heavy atom. The van der Waals surface area contributed by atoms with Crippen molar-refractivity contribution in [2.75, 3.05) is 0 Å². The van der Waals surface area contributed by atoms with E-state index in [1.165, 1.54) is 12.3 Å². The van der Waals surface area contributed by atoms with E-state index in [0.717, 1.165) is 0 Å². The minimum Gasteiger partial charge on any atom is -0.485 e. The molecule has 0 spiro atoms. The van der Waals surface area contributed by atoms with Crippen molar-refractivity contribution in [3.05, 3.63) is 23.2 Å². The highest BCUT2D eigenvalue weighted by Gasteiger charge is 2.10. The molecule has 0 fully saturated rings. The second kappa shape index (κ2) is 3.72. The summed E-state index contributed by atoms with van der Waals surface area (Å²) < 4.78 is 18.0. The maximum atomic E-state index is 12.9. The van der Waals surface area contributed by atoms with Gasteiger partial charge in [-0.25, -0.2) is 4.98 Å². The maximum absolute atomic E-state index is 12.9. The first kappa shape index (κ1) is 9.26. The molecule has 0 atom stereocenters. The molecule has 0 unspecified atom stereocenters. The minimum absolute atomic E-state index is 0.0224. The summed E-state index contributed by atoms with van der Waals surface area (Å²) in [6, 6.07) is 1.49. The molecule has 0 aliphatic carbocycles. The van der Waals surface area contributed by atoms with E-state index in [-0.39, 0.29) is 16.9 Å². The van der Waals surface area contributed by atoms with Crippen LogP contribution in [0.4, 0.5) is 4.39 Å². The fraction of sp³-hybridized carbons (Fsp3) is 0.375. The Morgan fingerprint density at radius 1 is 1.58 bits per heavy atom. The third kappa shape index (κ3) is 2.08. The van der Waals surface area contributed by atoms with Gasteiger partial charge in [-0.2, -0.15) is 4.39 Å². The lowest BCUT2D eigenvalue weighted by atomic mass is 10.4. The van der Waals surface area contributed by atoms with E-state index in [1.54, 1.807) is 13.8 Å². The van der Waals surface area contributed by atoms with Crippen LogP contribution in [0.15, 0.2) is 12.3 Å². The number of pyridine rings is 1. The highest BCUT2D eigenvalue weighted by molar-refractivity contribution is 6.32. The van der Waals surface area contributed by atoms with Crippen molar-refractivity contribution in [1.29, 1.82) is 0 Å². The van der Waals surface area contributed by atoms with Crippen LogP contribution < -0.4 is 4.74 Å². The quantitative estimate of drug-likeness (QED) is 0.668. The summed E-state index contributed by atoms with van der Waals surface area (Å²) in [6.45, 7) is 3.59. The largest absolute Gasteiger partial charge is 0.485 e. The number of hydrogen-bond acceptors (Lipinski definition) is 2. The van der Waals surface area contributed by atoms with Crippen molar-refractivity contribution < 1.29 is 9.13 Å². The zero-order valence-corrected chi connectivity index (χ0v) is 7.60. The van der Waals surface area contributed by atoms with Gasteiger partial charge in [-0.05, 0) is 19.9 Å². The number of ether oxygens (including phenoxy) is 1. The molecular weight excluding hydrogens is 181 g/mol. The van der Waals surface area contributed by atoms with Gasteiger partial charge in [-0.1, -0.05) is 11.6 Å². The molecule has 0 saturated carbocycles. The second-order valence-corrected chi connectivity index (χ2v) is 2.99. The van der Waals surface area contributed by atoms with Crippen LogP contribution in [-0.2, 0) is 0 Å². The lowest BCUT2D eigenvalue weighted by Crippen LogP contribution is -2.08. The average Bonchev–Trinajstić information content (AvgIpc) is 1.97. The summed E-state index contributed by atoms with van der Waals surface area (Å²) in [5, 5.41) is 0.246. The summed E-state index contributed by atoms with van der Waals surface area (Å²) in [5.74, 6) is -0.648. The van der Waals surface area contributed by atoms with Crippen LogP contribution in [0.5, 0.6) is 5.75 Å². The summed E-state index contributed by atoms with van der Waals surface area (Å²) in [4.78, 5) is 3.42. The molecule has 0 amide bonds. The predicted octanol–water partition coefficient (Wildman–Crippen LogP) is 2.66. The third-order valence-corrected chi connectivity index (χ3v) is 1.46. The molecule has 0 aromatic carbocycles. The van der Waals surface area contributed by atoms with Gasteiger partial charge in [0.15, 0.2) is 5.75 Å². The lowest BCUT2D eigenvalue weighted by molar-refractivity contribution is 0.228. The molecule has 0 N–H and O–H groups in total. The number of halogens is 2. The molecule has 0 saturated heterocycles. The first-order valence-electron chi connectivity index (χ1n) is 3.58. The van der Waals surface area contributed by atoms with Gasteiger partial charge in [0.2, 0.25) is 0 Å². The molecule has 0 aliphatic rings. The van der Waals surface area contributed by atoms with Gasteiger partial charge in [0, 0.05) is 6.20 Å². The predicted molar refractivity (Wildman–Crippen MR) is 45.0 cm³/mol. The Labute approximate surface area is 75.3 Å². The second-order valence-electron chi connectivity index (χ2n) is 2.58. The highest BCUT2D eigenvalue weighted by Crippen LogP contribution is 2.26. The zero-order chi connectivity index (χ0) is 9.14. The minimum atomic E-state index is -0.670. The average molecular weight is 190 g/mol. The van der Waals surface area contributed by atoms with E-state index in [4.69, 9.17) is 16.3 Å². The topological polar surface area (TPSA) is 22.1 Å². The monoisotopic (exact) mass is 189 g/mol. The molecule has 66 valence electrons. The van der Waals surface area contributed by atoms with Crippen LogP contribution in [0, 0.1) is 5.95 Å². The van der Waals surface area contributed by atoms with Gasteiger partial charge >= 0.3 is 0 Å². The molecule has 1 aromatic heterocycles. The van der Waals surface area contributed by atoms with Crippen LogP contribution >= 0.6 is 11.6 Å². The van der Waals surface area contributed by atoms with E-state index in [1.807, 2.05) is 0 Å². The Kier molecular flexibility index (Phi) is 2.87. The molecule has 0 radical (unpaired) electrons. The molecular formula is C8H9ClFNO. The number of aromatic nitrogens is 1. The molecule has 4 heteroatoms. The van der Waals surface area contributed by atoms with Crippen LogP contribution in [0.2, 0.25) is 5.02 Å². The number of nitrogens with zero attached hydrogens (tertiary/aromatic N) is 1. The van der Waals surface area contributed by atoms with Crippen molar-refractivity contribution in [3.63, 3.8) is 0 Å². The van der Waals surface area contributed by atoms with Gasteiger partial charge in [-0.3, -0.25) is 0 Å². The SMILES string of the molecule is CC(C)Oc1c(Cl)ccnc1F.